The fraction of sp³-hybridized carbons (Fsp3) is 0.0769. The van der Waals surface area contributed by atoms with Crippen LogP contribution in [0.5, 0.6) is 0 Å². The molecule has 0 amide bonds. The second kappa shape index (κ2) is 3.44. The molecular formula is C13H12-2. The van der Waals surface area contributed by atoms with Gasteiger partial charge >= 0.3 is 0 Å². The fourth-order valence-electron chi connectivity index (χ4n) is 1.50. The third-order valence-corrected chi connectivity index (χ3v) is 2.13. The van der Waals surface area contributed by atoms with Gasteiger partial charge in [-0.05, 0) is 6.92 Å². The maximum Gasteiger partial charge on any atom is -0.0467 e. The molecule has 0 saturated carbocycles. The van der Waals surface area contributed by atoms with E-state index in [-0.39, 0.29) is 0 Å². The van der Waals surface area contributed by atoms with E-state index in [2.05, 4.69) is 55.3 Å². The number of hydrogen-bond acceptors (Lipinski definition) is 0. The molecule has 1 aromatic rings. The first kappa shape index (κ1) is 8.06. The van der Waals surface area contributed by atoms with Crippen LogP contribution in [0.3, 0.4) is 0 Å². The molecule has 0 nitrogen and oxygen atoms in total. The minimum atomic E-state index is 1.27. The summed E-state index contributed by atoms with van der Waals surface area (Å²) < 4.78 is 0. The predicted octanol–water partition coefficient (Wildman–Crippen LogP) is 3.39. The SMILES string of the molecule is CC=Cc1ccc2c(c1)[CH-]C=C[CH-]2. The van der Waals surface area contributed by atoms with Gasteiger partial charge in [0.25, 0.3) is 0 Å². The number of hydrogen-bond donors (Lipinski definition) is 0. The molecule has 0 N–H and O–H groups in total. The van der Waals surface area contributed by atoms with E-state index in [4.69, 9.17) is 0 Å². The van der Waals surface area contributed by atoms with Crippen molar-refractivity contribution in [2.75, 3.05) is 0 Å². The molecule has 0 aliphatic heterocycles. The van der Waals surface area contributed by atoms with Crippen molar-refractivity contribution in [1.29, 1.82) is 0 Å². The van der Waals surface area contributed by atoms with Crippen LogP contribution in [0.2, 0.25) is 0 Å². The van der Waals surface area contributed by atoms with Gasteiger partial charge in [-0.2, -0.15) is 12.1 Å². The first-order valence-corrected chi connectivity index (χ1v) is 4.51. The van der Waals surface area contributed by atoms with E-state index in [1.165, 1.54) is 16.7 Å². The van der Waals surface area contributed by atoms with Crippen LogP contribution < -0.4 is 0 Å². The number of fused-ring (bicyclic) bond motifs is 1. The van der Waals surface area contributed by atoms with Crippen LogP contribution in [0.4, 0.5) is 0 Å². The molecule has 0 heterocycles. The smallest absolute Gasteiger partial charge is 0.0467 e. The monoisotopic (exact) mass is 168 g/mol. The van der Waals surface area contributed by atoms with Crippen molar-refractivity contribution in [3.63, 3.8) is 0 Å². The Hall–Kier alpha value is -1.56. The van der Waals surface area contributed by atoms with Gasteiger partial charge in [-0.1, -0.05) is 17.7 Å². The van der Waals surface area contributed by atoms with Crippen LogP contribution >= 0.6 is 0 Å². The van der Waals surface area contributed by atoms with E-state index in [0.29, 0.717) is 0 Å². The Morgan fingerprint density at radius 3 is 2.62 bits per heavy atom. The average Bonchev–Trinajstić information content (AvgIpc) is 2.18. The Morgan fingerprint density at radius 1 is 1.08 bits per heavy atom. The topological polar surface area (TPSA) is 0 Å². The second-order valence-electron chi connectivity index (χ2n) is 3.11. The van der Waals surface area contributed by atoms with Gasteiger partial charge in [0.1, 0.15) is 0 Å². The van der Waals surface area contributed by atoms with Crippen molar-refractivity contribution in [2.45, 2.75) is 6.92 Å². The van der Waals surface area contributed by atoms with Gasteiger partial charge in [0.05, 0.1) is 0 Å². The molecule has 13 heavy (non-hydrogen) atoms. The lowest BCUT2D eigenvalue weighted by Gasteiger charge is -2.27. The minimum absolute atomic E-state index is 1.27. The Bertz CT molecular complexity index is 356. The summed E-state index contributed by atoms with van der Waals surface area (Å²) in [5.41, 5.74) is 3.87. The second-order valence-corrected chi connectivity index (χ2v) is 3.11. The van der Waals surface area contributed by atoms with Crippen molar-refractivity contribution in [1.82, 2.24) is 0 Å². The molecule has 1 aliphatic carbocycles. The van der Waals surface area contributed by atoms with Crippen molar-refractivity contribution in [3.8, 4) is 0 Å². The molecule has 0 aromatic heterocycles. The zero-order valence-corrected chi connectivity index (χ0v) is 7.70. The Labute approximate surface area is 79.6 Å². The molecule has 2 rings (SSSR count). The molecule has 1 aliphatic rings. The molecule has 1 aromatic carbocycles. The van der Waals surface area contributed by atoms with Crippen LogP contribution in [0.15, 0.2) is 36.4 Å². The highest BCUT2D eigenvalue weighted by molar-refractivity contribution is 5.56. The van der Waals surface area contributed by atoms with Gasteiger partial charge < -0.3 is 0 Å². The lowest BCUT2D eigenvalue weighted by atomic mass is 9.95. The van der Waals surface area contributed by atoms with Gasteiger partial charge in [0, 0.05) is 0 Å². The van der Waals surface area contributed by atoms with Crippen molar-refractivity contribution in [3.05, 3.63) is 66.0 Å². The summed E-state index contributed by atoms with van der Waals surface area (Å²) in [7, 11) is 0. The lowest BCUT2D eigenvalue weighted by molar-refractivity contribution is 1.36. The summed E-state index contributed by atoms with van der Waals surface area (Å²) in [5, 5.41) is 0. The molecular weight excluding hydrogens is 156 g/mol. The summed E-state index contributed by atoms with van der Waals surface area (Å²) in [4.78, 5) is 0. The Kier molecular flexibility index (Phi) is 2.13. The number of rotatable bonds is 1. The molecule has 0 heteroatoms. The standard InChI is InChI=1S/C13H12/c1-2-5-11-8-9-12-6-3-4-7-13(12)10-11/h2-10H,1H3/q-2. The zero-order valence-electron chi connectivity index (χ0n) is 7.70. The highest BCUT2D eigenvalue weighted by Gasteiger charge is 1.88. The predicted molar refractivity (Wildman–Crippen MR) is 57.1 cm³/mol. The van der Waals surface area contributed by atoms with Gasteiger partial charge in [0.2, 0.25) is 0 Å². The van der Waals surface area contributed by atoms with Crippen LogP contribution in [0.25, 0.3) is 6.08 Å². The van der Waals surface area contributed by atoms with Crippen LogP contribution in [-0.2, 0) is 0 Å². The molecule has 0 radical (unpaired) electrons. The maximum atomic E-state index is 2.20. The quantitative estimate of drug-likeness (QED) is 0.564. The van der Waals surface area contributed by atoms with Crippen molar-refractivity contribution >= 4 is 6.08 Å². The van der Waals surface area contributed by atoms with Gasteiger partial charge in [-0.3, -0.25) is 0 Å². The third-order valence-electron chi connectivity index (χ3n) is 2.13. The summed E-state index contributed by atoms with van der Waals surface area (Å²) in [6, 6.07) is 6.50. The molecule has 0 bridgehead atoms. The zero-order chi connectivity index (χ0) is 9.10. The highest BCUT2D eigenvalue weighted by atomic mass is 14.1. The fourth-order valence-corrected chi connectivity index (χ4v) is 1.50. The summed E-state index contributed by atoms with van der Waals surface area (Å²) in [6.45, 7) is 2.04. The normalized spacial score (nSPS) is 13.6. The third kappa shape index (κ3) is 1.62. The van der Waals surface area contributed by atoms with E-state index in [0.717, 1.165) is 0 Å². The lowest BCUT2D eigenvalue weighted by Crippen LogP contribution is -1.93. The van der Waals surface area contributed by atoms with Crippen molar-refractivity contribution in [2.24, 2.45) is 0 Å². The summed E-state index contributed by atoms with van der Waals surface area (Å²) in [5.74, 6) is 0. The summed E-state index contributed by atoms with van der Waals surface area (Å²) >= 11 is 0. The van der Waals surface area contributed by atoms with E-state index in [1.807, 2.05) is 6.92 Å². The first-order valence-electron chi connectivity index (χ1n) is 4.51. The van der Waals surface area contributed by atoms with Crippen LogP contribution in [0, 0.1) is 12.8 Å². The van der Waals surface area contributed by atoms with Crippen LogP contribution in [0.1, 0.15) is 23.6 Å². The summed E-state index contributed by atoms with van der Waals surface area (Å²) in [6.07, 6.45) is 12.6. The molecule has 0 spiro atoms. The largest absolute Gasteiger partial charge is 0.233 e. The Morgan fingerprint density at radius 2 is 1.85 bits per heavy atom. The Balaban J connectivity index is 2.38. The van der Waals surface area contributed by atoms with E-state index in [1.54, 1.807) is 0 Å². The minimum Gasteiger partial charge on any atom is -0.233 e. The van der Waals surface area contributed by atoms with E-state index >= 15 is 0 Å². The highest BCUT2D eigenvalue weighted by Crippen LogP contribution is 2.21. The molecule has 0 atom stereocenters. The van der Waals surface area contributed by atoms with Gasteiger partial charge in [-0.15, -0.1) is 6.07 Å². The van der Waals surface area contributed by atoms with E-state index in [9.17, 15) is 0 Å². The molecule has 0 unspecified atom stereocenters. The van der Waals surface area contributed by atoms with Gasteiger partial charge in [0.15, 0.2) is 0 Å². The average molecular weight is 168 g/mol. The molecule has 0 fully saturated rings. The number of benzene rings is 1. The van der Waals surface area contributed by atoms with Crippen LogP contribution in [-0.4, -0.2) is 0 Å². The molecule has 0 saturated heterocycles. The maximum absolute atomic E-state index is 2.20. The first-order chi connectivity index (χ1) is 6.40. The molecule has 66 valence electrons. The number of allylic oxidation sites excluding steroid dienone is 3. The van der Waals surface area contributed by atoms with Crippen molar-refractivity contribution < 1.29 is 0 Å². The van der Waals surface area contributed by atoms with Gasteiger partial charge in [-0.25, -0.2) is 36.1 Å². The van der Waals surface area contributed by atoms with E-state index < -0.39 is 0 Å².